The van der Waals surface area contributed by atoms with Crippen molar-refractivity contribution in [2.45, 2.75) is 49.6 Å². The fourth-order valence-electron chi connectivity index (χ4n) is 3.03. The predicted octanol–water partition coefficient (Wildman–Crippen LogP) is 2.94. The van der Waals surface area contributed by atoms with Gasteiger partial charge in [-0.05, 0) is 43.0 Å². The molecular weight excluding hydrogens is 404 g/mol. The number of sulfonamides is 1. The summed E-state index contributed by atoms with van der Waals surface area (Å²) in [6.07, 6.45) is 3.28. The first kappa shape index (κ1) is 22.0. The monoisotopic (exact) mass is 430 g/mol. The Hall–Kier alpha value is -2.71. The van der Waals surface area contributed by atoms with Crippen molar-refractivity contribution in [2.24, 2.45) is 0 Å². The second kappa shape index (κ2) is 9.86. The molecule has 0 aromatic heterocycles. The lowest BCUT2D eigenvalue weighted by molar-refractivity contribution is -0.125. The van der Waals surface area contributed by atoms with E-state index in [2.05, 4.69) is 10.0 Å². The van der Waals surface area contributed by atoms with Gasteiger partial charge in [-0.3, -0.25) is 4.79 Å². The number of carbonyl (C=O) groups is 2. The lowest BCUT2D eigenvalue weighted by Crippen LogP contribution is -2.32. The number of hydrogen-bond acceptors (Lipinski definition) is 5. The smallest absolute Gasteiger partial charge is 0.338 e. The van der Waals surface area contributed by atoms with E-state index in [0.29, 0.717) is 0 Å². The highest BCUT2D eigenvalue weighted by atomic mass is 32.2. The lowest BCUT2D eigenvalue weighted by Gasteiger charge is -2.18. The van der Waals surface area contributed by atoms with Crippen LogP contribution in [0.1, 0.15) is 54.6 Å². The molecule has 2 N–H and O–H groups in total. The average molecular weight is 431 g/mol. The maximum Gasteiger partial charge on any atom is 0.338 e. The van der Waals surface area contributed by atoms with Gasteiger partial charge in [0.1, 0.15) is 0 Å². The van der Waals surface area contributed by atoms with E-state index < -0.39 is 28.5 Å². The zero-order chi connectivity index (χ0) is 21.6. The summed E-state index contributed by atoms with van der Waals surface area (Å²) in [5, 5.41) is 2.88. The molecule has 2 aromatic rings. The van der Waals surface area contributed by atoms with Crippen LogP contribution in [0.3, 0.4) is 0 Å². The summed E-state index contributed by atoms with van der Waals surface area (Å²) < 4.78 is 32.3. The third-order valence-electron chi connectivity index (χ3n) is 4.73. The van der Waals surface area contributed by atoms with E-state index in [9.17, 15) is 18.0 Å². The van der Waals surface area contributed by atoms with Crippen LogP contribution in [-0.2, 0) is 19.6 Å². The minimum absolute atomic E-state index is 0.000360. The molecule has 1 aliphatic carbocycles. The minimum atomic E-state index is -3.67. The van der Waals surface area contributed by atoms with Gasteiger partial charge in [-0.15, -0.1) is 0 Å². The van der Waals surface area contributed by atoms with Crippen molar-refractivity contribution in [1.29, 1.82) is 0 Å². The quantitative estimate of drug-likeness (QED) is 0.565. The van der Waals surface area contributed by atoms with Crippen LogP contribution in [-0.4, -0.2) is 32.9 Å². The molecule has 1 amide bonds. The van der Waals surface area contributed by atoms with Crippen LogP contribution in [0.25, 0.3) is 0 Å². The standard InChI is InChI=1S/C22H26N2O5S/c1-2-7-20(16-8-4-3-5-9-16)23-21(25)15-29-22(26)17-10-6-11-19(14-17)30(27,28)24-18-12-13-18/h3-6,8-11,14,18,20,24H,2,7,12-13,15H2,1H3,(H,23,25). The summed E-state index contributed by atoms with van der Waals surface area (Å²) in [5.74, 6) is -1.16. The summed E-state index contributed by atoms with van der Waals surface area (Å²) in [4.78, 5) is 24.6. The number of hydrogen-bond donors (Lipinski definition) is 2. The Morgan fingerprint density at radius 3 is 2.50 bits per heavy atom. The Balaban J connectivity index is 1.58. The molecule has 1 unspecified atom stereocenters. The molecule has 1 aliphatic rings. The summed E-state index contributed by atoms with van der Waals surface area (Å²) in [5.41, 5.74) is 1.06. The highest BCUT2D eigenvalue weighted by molar-refractivity contribution is 7.89. The number of rotatable bonds is 10. The third-order valence-corrected chi connectivity index (χ3v) is 6.25. The molecule has 0 bridgehead atoms. The number of ether oxygens (including phenoxy) is 1. The first-order valence-corrected chi connectivity index (χ1v) is 11.5. The number of amides is 1. The largest absolute Gasteiger partial charge is 0.452 e. The molecule has 0 aliphatic heterocycles. The number of benzene rings is 2. The molecule has 2 aromatic carbocycles. The van der Waals surface area contributed by atoms with Crippen LogP contribution in [0.2, 0.25) is 0 Å². The average Bonchev–Trinajstić information content (AvgIpc) is 3.56. The van der Waals surface area contributed by atoms with Crippen molar-refractivity contribution < 1.29 is 22.7 Å². The zero-order valence-corrected chi connectivity index (χ0v) is 17.7. The topological polar surface area (TPSA) is 102 Å². The molecule has 8 heteroatoms. The Morgan fingerprint density at radius 1 is 1.10 bits per heavy atom. The predicted molar refractivity (Wildman–Crippen MR) is 112 cm³/mol. The summed E-state index contributed by atoms with van der Waals surface area (Å²) in [7, 11) is -3.67. The first-order chi connectivity index (χ1) is 14.4. The van der Waals surface area contributed by atoms with E-state index in [1.54, 1.807) is 0 Å². The highest BCUT2D eigenvalue weighted by Crippen LogP contribution is 2.22. The van der Waals surface area contributed by atoms with Gasteiger partial charge in [0.2, 0.25) is 10.0 Å². The van der Waals surface area contributed by atoms with Gasteiger partial charge in [-0.1, -0.05) is 49.7 Å². The second-order valence-corrected chi connectivity index (χ2v) is 9.03. The maximum absolute atomic E-state index is 12.3. The molecule has 1 saturated carbocycles. The third kappa shape index (κ3) is 6.14. The van der Waals surface area contributed by atoms with Gasteiger partial charge in [0.15, 0.2) is 6.61 Å². The van der Waals surface area contributed by atoms with Gasteiger partial charge in [-0.2, -0.15) is 0 Å². The molecule has 0 saturated heterocycles. The van der Waals surface area contributed by atoms with Gasteiger partial charge >= 0.3 is 5.97 Å². The summed E-state index contributed by atoms with van der Waals surface area (Å²) in [6, 6.07) is 15.0. The normalized spacial score (nSPS) is 14.7. The highest BCUT2D eigenvalue weighted by Gasteiger charge is 2.28. The fourth-order valence-corrected chi connectivity index (χ4v) is 4.38. The van der Waals surface area contributed by atoms with Crippen molar-refractivity contribution in [3.05, 3.63) is 65.7 Å². The molecular formula is C22H26N2O5S. The molecule has 0 radical (unpaired) electrons. The van der Waals surface area contributed by atoms with Crippen molar-refractivity contribution in [2.75, 3.05) is 6.61 Å². The Kier molecular flexibility index (Phi) is 7.23. The van der Waals surface area contributed by atoms with Crippen LogP contribution in [0.15, 0.2) is 59.5 Å². The molecule has 0 spiro atoms. The van der Waals surface area contributed by atoms with Crippen molar-refractivity contribution in [3.63, 3.8) is 0 Å². The maximum atomic E-state index is 12.3. The fraction of sp³-hybridized carbons (Fsp3) is 0.364. The molecule has 7 nitrogen and oxygen atoms in total. The van der Waals surface area contributed by atoms with Crippen molar-refractivity contribution >= 4 is 21.9 Å². The van der Waals surface area contributed by atoms with Crippen LogP contribution in [0, 0.1) is 0 Å². The van der Waals surface area contributed by atoms with E-state index in [0.717, 1.165) is 31.2 Å². The Morgan fingerprint density at radius 2 is 1.83 bits per heavy atom. The number of carbonyl (C=O) groups excluding carboxylic acids is 2. The van der Waals surface area contributed by atoms with Gasteiger partial charge in [0, 0.05) is 6.04 Å². The van der Waals surface area contributed by atoms with Gasteiger partial charge < -0.3 is 10.1 Å². The second-order valence-electron chi connectivity index (χ2n) is 7.32. The van der Waals surface area contributed by atoms with E-state index in [1.807, 2.05) is 37.3 Å². The SMILES string of the molecule is CCCC(NC(=O)COC(=O)c1cccc(S(=O)(=O)NC2CC2)c1)c1ccccc1. The molecule has 1 atom stereocenters. The minimum Gasteiger partial charge on any atom is -0.452 e. The molecule has 3 rings (SSSR count). The van der Waals surface area contributed by atoms with Crippen molar-refractivity contribution in [1.82, 2.24) is 10.0 Å². The van der Waals surface area contributed by atoms with E-state index >= 15 is 0 Å². The van der Waals surface area contributed by atoms with Crippen LogP contribution < -0.4 is 10.0 Å². The molecule has 1 fully saturated rings. The molecule has 0 heterocycles. The van der Waals surface area contributed by atoms with Crippen LogP contribution >= 0.6 is 0 Å². The van der Waals surface area contributed by atoms with Crippen LogP contribution in [0.4, 0.5) is 0 Å². The molecule has 30 heavy (non-hydrogen) atoms. The van der Waals surface area contributed by atoms with E-state index in [-0.39, 0.29) is 22.5 Å². The number of nitrogens with one attached hydrogen (secondary N) is 2. The van der Waals surface area contributed by atoms with Crippen LogP contribution in [0.5, 0.6) is 0 Å². The Bertz CT molecular complexity index is 988. The van der Waals surface area contributed by atoms with Gasteiger partial charge in [-0.25, -0.2) is 17.9 Å². The van der Waals surface area contributed by atoms with Gasteiger partial charge in [0.05, 0.1) is 16.5 Å². The number of esters is 1. The van der Waals surface area contributed by atoms with E-state index in [4.69, 9.17) is 4.74 Å². The van der Waals surface area contributed by atoms with Gasteiger partial charge in [0.25, 0.3) is 5.91 Å². The molecule has 160 valence electrons. The first-order valence-electron chi connectivity index (χ1n) is 10.0. The van der Waals surface area contributed by atoms with Crippen molar-refractivity contribution in [3.8, 4) is 0 Å². The Labute approximate surface area is 176 Å². The van der Waals surface area contributed by atoms with E-state index in [1.165, 1.54) is 24.3 Å². The summed E-state index contributed by atoms with van der Waals surface area (Å²) >= 11 is 0. The lowest BCUT2D eigenvalue weighted by atomic mass is 10.0. The summed E-state index contributed by atoms with van der Waals surface area (Å²) in [6.45, 7) is 1.59. The zero-order valence-electron chi connectivity index (χ0n) is 16.8.